The van der Waals surface area contributed by atoms with Crippen LogP contribution in [0.25, 0.3) is 122 Å². The van der Waals surface area contributed by atoms with Gasteiger partial charge >= 0.3 is 0 Å². The van der Waals surface area contributed by atoms with E-state index in [2.05, 4.69) is 176 Å². The maximum absolute atomic E-state index is 6.67. The second-order valence-electron chi connectivity index (χ2n) is 15.0. The molecule has 0 aliphatic carbocycles. The quantitative estimate of drug-likeness (QED) is 0.164. The fraction of sp³-hybridized carbons (Fsp3) is 0. The number of hydrogen-bond acceptors (Lipinski definition) is 5. The highest BCUT2D eigenvalue weighted by molar-refractivity contribution is 6.27. The predicted octanol–water partition coefficient (Wildman–Crippen LogP) is 14.1. The van der Waals surface area contributed by atoms with Crippen molar-refractivity contribution in [3.8, 4) is 56.5 Å². The third-order valence-corrected chi connectivity index (χ3v) is 11.4. The number of aromatic nitrogens is 4. The molecule has 0 saturated heterocycles. The number of furan rings is 1. The van der Waals surface area contributed by atoms with Gasteiger partial charge in [-0.1, -0.05) is 158 Å². The molecule has 0 aliphatic heterocycles. The van der Waals surface area contributed by atoms with Crippen LogP contribution < -0.4 is 0 Å². The second kappa shape index (κ2) is 13.3. The van der Waals surface area contributed by atoms with Crippen LogP contribution in [-0.2, 0) is 0 Å². The number of rotatable bonds is 5. The van der Waals surface area contributed by atoms with Crippen molar-refractivity contribution in [3.63, 3.8) is 0 Å². The fourth-order valence-corrected chi connectivity index (χ4v) is 8.66. The zero-order valence-electron chi connectivity index (χ0n) is 31.7. The van der Waals surface area contributed by atoms with E-state index in [0.29, 0.717) is 17.5 Å². The molecule has 274 valence electrons. The Kier molecular flexibility index (Phi) is 7.47. The average molecular weight is 753 g/mol. The van der Waals surface area contributed by atoms with E-state index >= 15 is 0 Å². The molecule has 9 aromatic carbocycles. The van der Waals surface area contributed by atoms with Gasteiger partial charge in [-0.05, 0) is 63.5 Å². The first-order valence-electron chi connectivity index (χ1n) is 19.8. The molecule has 0 amide bonds. The standard InChI is InChI=1S/C54H32N4O/c1-2-15-35(16-3-1)51-44-32-47-50(43-22-9-11-24-46(43)59-47)48(49(44)42-21-8-10-23-45(42)55-51)38-19-12-20-39(31-38)52-56-53(40-27-25-33-13-4-6-17-36(33)29-40)58-54(57-52)41-28-26-34-14-5-7-18-37(34)30-41/h1-32H. The highest BCUT2D eigenvalue weighted by Gasteiger charge is 2.22. The minimum Gasteiger partial charge on any atom is -0.456 e. The van der Waals surface area contributed by atoms with Crippen molar-refractivity contribution >= 4 is 65.2 Å². The van der Waals surface area contributed by atoms with Gasteiger partial charge in [-0.25, -0.2) is 19.9 Å². The third-order valence-electron chi connectivity index (χ3n) is 11.4. The molecule has 12 aromatic rings. The molecule has 0 N–H and O–H groups in total. The van der Waals surface area contributed by atoms with E-state index in [1.807, 2.05) is 18.2 Å². The molecule has 3 aromatic heterocycles. The number of hydrogen-bond donors (Lipinski definition) is 0. The summed E-state index contributed by atoms with van der Waals surface area (Å²) < 4.78 is 6.67. The summed E-state index contributed by atoms with van der Waals surface area (Å²) in [4.78, 5) is 20.9. The van der Waals surface area contributed by atoms with Crippen molar-refractivity contribution in [1.82, 2.24) is 19.9 Å². The molecule has 3 heterocycles. The largest absolute Gasteiger partial charge is 0.456 e. The zero-order chi connectivity index (χ0) is 38.9. The van der Waals surface area contributed by atoms with E-state index in [9.17, 15) is 0 Å². The van der Waals surface area contributed by atoms with Crippen molar-refractivity contribution in [2.75, 3.05) is 0 Å². The maximum Gasteiger partial charge on any atom is 0.164 e. The van der Waals surface area contributed by atoms with E-state index in [1.54, 1.807) is 0 Å². The average Bonchev–Trinajstić information content (AvgIpc) is 3.68. The summed E-state index contributed by atoms with van der Waals surface area (Å²) in [6.07, 6.45) is 0. The molecular weight excluding hydrogens is 721 g/mol. The summed E-state index contributed by atoms with van der Waals surface area (Å²) in [5, 5.41) is 9.93. The zero-order valence-corrected chi connectivity index (χ0v) is 31.7. The Bertz CT molecular complexity index is 3530. The van der Waals surface area contributed by atoms with Gasteiger partial charge in [-0.2, -0.15) is 0 Å². The Morgan fingerprint density at radius 1 is 0.305 bits per heavy atom. The van der Waals surface area contributed by atoms with E-state index < -0.39 is 0 Å². The summed E-state index contributed by atoms with van der Waals surface area (Å²) in [7, 11) is 0. The maximum atomic E-state index is 6.67. The van der Waals surface area contributed by atoms with Gasteiger partial charge in [-0.15, -0.1) is 0 Å². The van der Waals surface area contributed by atoms with E-state index in [1.165, 1.54) is 10.8 Å². The molecule has 0 spiro atoms. The third kappa shape index (κ3) is 5.55. The van der Waals surface area contributed by atoms with Crippen LogP contribution in [0.1, 0.15) is 0 Å². The van der Waals surface area contributed by atoms with Crippen molar-refractivity contribution in [2.45, 2.75) is 0 Å². The first-order valence-corrected chi connectivity index (χ1v) is 19.8. The number of benzene rings is 9. The highest BCUT2D eigenvalue weighted by atomic mass is 16.3. The van der Waals surface area contributed by atoms with Gasteiger partial charge in [0, 0.05) is 54.7 Å². The Morgan fingerprint density at radius 3 is 1.54 bits per heavy atom. The van der Waals surface area contributed by atoms with Crippen molar-refractivity contribution in [2.24, 2.45) is 0 Å². The Morgan fingerprint density at radius 2 is 0.847 bits per heavy atom. The molecule has 0 bridgehead atoms. The number of para-hydroxylation sites is 2. The SMILES string of the molecule is c1ccc(-c2nc3ccccc3c3c(-c4cccc(-c5nc(-c6ccc7ccccc7c6)nc(-c6ccc7ccccc7c6)n5)c4)c4c(cc23)oc2ccccc24)cc1. The highest BCUT2D eigenvalue weighted by Crippen LogP contribution is 2.46. The van der Waals surface area contributed by atoms with Crippen LogP contribution in [0.5, 0.6) is 0 Å². The van der Waals surface area contributed by atoms with E-state index in [4.69, 9.17) is 24.4 Å². The fourth-order valence-electron chi connectivity index (χ4n) is 8.66. The minimum atomic E-state index is 0.596. The monoisotopic (exact) mass is 752 g/mol. The molecule has 5 nitrogen and oxygen atoms in total. The molecule has 12 rings (SSSR count). The molecule has 0 saturated carbocycles. The number of pyridine rings is 1. The van der Waals surface area contributed by atoms with E-state index in [0.717, 1.165) is 93.5 Å². The van der Waals surface area contributed by atoms with Gasteiger partial charge in [0.05, 0.1) is 11.2 Å². The number of fused-ring (bicyclic) bond motifs is 8. The van der Waals surface area contributed by atoms with Gasteiger partial charge in [-0.3, -0.25) is 0 Å². The van der Waals surface area contributed by atoms with Crippen LogP contribution in [0.15, 0.2) is 199 Å². The Balaban J connectivity index is 1.14. The summed E-state index contributed by atoms with van der Waals surface area (Å²) in [6, 6.07) is 67.5. The van der Waals surface area contributed by atoms with Gasteiger partial charge in [0.2, 0.25) is 0 Å². The summed E-state index contributed by atoms with van der Waals surface area (Å²) >= 11 is 0. The second-order valence-corrected chi connectivity index (χ2v) is 15.0. The Labute approximate surface area is 338 Å². The van der Waals surface area contributed by atoms with Crippen LogP contribution in [0, 0.1) is 0 Å². The van der Waals surface area contributed by atoms with Crippen LogP contribution in [0.4, 0.5) is 0 Å². The smallest absolute Gasteiger partial charge is 0.164 e. The van der Waals surface area contributed by atoms with Crippen LogP contribution in [0.2, 0.25) is 0 Å². The predicted molar refractivity (Wildman–Crippen MR) is 242 cm³/mol. The first-order chi connectivity index (χ1) is 29.2. The topological polar surface area (TPSA) is 64.7 Å². The van der Waals surface area contributed by atoms with Gasteiger partial charge in [0.1, 0.15) is 11.2 Å². The molecule has 0 aliphatic rings. The Hall–Kier alpha value is -8.02. The van der Waals surface area contributed by atoms with Crippen molar-refractivity contribution in [3.05, 3.63) is 194 Å². The summed E-state index contributed by atoms with van der Waals surface area (Å²) in [5.41, 5.74) is 9.39. The molecule has 59 heavy (non-hydrogen) atoms. The molecule has 5 heteroatoms. The lowest BCUT2D eigenvalue weighted by molar-refractivity contribution is 0.669. The van der Waals surface area contributed by atoms with E-state index in [-0.39, 0.29) is 0 Å². The normalized spacial score (nSPS) is 11.7. The molecular formula is C54H32N4O. The lowest BCUT2D eigenvalue weighted by Gasteiger charge is -2.16. The van der Waals surface area contributed by atoms with Crippen molar-refractivity contribution < 1.29 is 4.42 Å². The summed E-state index contributed by atoms with van der Waals surface area (Å²) in [5.74, 6) is 1.83. The van der Waals surface area contributed by atoms with Crippen molar-refractivity contribution in [1.29, 1.82) is 0 Å². The van der Waals surface area contributed by atoms with Crippen LogP contribution in [0.3, 0.4) is 0 Å². The van der Waals surface area contributed by atoms with Gasteiger partial charge < -0.3 is 4.42 Å². The lowest BCUT2D eigenvalue weighted by atomic mass is 9.89. The summed E-state index contributed by atoms with van der Waals surface area (Å²) in [6.45, 7) is 0. The minimum absolute atomic E-state index is 0.596. The molecule has 0 atom stereocenters. The molecule has 0 radical (unpaired) electrons. The van der Waals surface area contributed by atoms with Crippen LogP contribution >= 0.6 is 0 Å². The lowest BCUT2D eigenvalue weighted by Crippen LogP contribution is -2.00. The van der Waals surface area contributed by atoms with Crippen LogP contribution in [-0.4, -0.2) is 19.9 Å². The molecule has 0 fully saturated rings. The number of nitrogens with zero attached hydrogens (tertiary/aromatic N) is 4. The van der Waals surface area contributed by atoms with Gasteiger partial charge in [0.25, 0.3) is 0 Å². The van der Waals surface area contributed by atoms with Gasteiger partial charge in [0.15, 0.2) is 17.5 Å². The molecule has 0 unspecified atom stereocenters. The first kappa shape index (κ1) is 33.2.